The van der Waals surface area contributed by atoms with Crippen molar-refractivity contribution in [2.24, 2.45) is 0 Å². The largest absolute Gasteiger partial charge is 0.382 e. The highest BCUT2D eigenvalue weighted by Gasteiger charge is 2.22. The molecule has 3 N–H and O–H groups in total. The SMILES string of the molecule is CCSCC(C)NC(=O)c1sc(N2CCCC2)nc1N. The molecule has 0 aromatic carbocycles. The number of hydrogen-bond donors (Lipinski definition) is 2. The van der Waals surface area contributed by atoms with Gasteiger partial charge in [-0.05, 0) is 25.5 Å². The molecule has 1 fully saturated rings. The van der Waals surface area contributed by atoms with Crippen LogP contribution >= 0.6 is 23.1 Å². The maximum Gasteiger partial charge on any atom is 0.265 e. The van der Waals surface area contributed by atoms with Crippen molar-refractivity contribution in [3.05, 3.63) is 4.88 Å². The molecule has 1 atom stereocenters. The minimum absolute atomic E-state index is 0.102. The average Bonchev–Trinajstić information content (AvgIpc) is 3.04. The second kappa shape index (κ2) is 7.17. The van der Waals surface area contributed by atoms with Gasteiger partial charge < -0.3 is 16.0 Å². The number of nitrogens with two attached hydrogens (primary N) is 1. The minimum atomic E-state index is -0.102. The van der Waals surface area contributed by atoms with Crippen molar-refractivity contribution in [2.45, 2.75) is 32.7 Å². The van der Waals surface area contributed by atoms with Gasteiger partial charge in [-0.2, -0.15) is 11.8 Å². The Bertz CT molecular complexity index is 457. The summed E-state index contributed by atoms with van der Waals surface area (Å²) in [7, 11) is 0. The van der Waals surface area contributed by atoms with Crippen molar-refractivity contribution in [3.8, 4) is 0 Å². The predicted octanol–water partition coefficient (Wildman–Crippen LogP) is 2.20. The fraction of sp³-hybridized carbons (Fsp3) is 0.692. The van der Waals surface area contributed by atoms with E-state index in [-0.39, 0.29) is 11.9 Å². The Labute approximate surface area is 128 Å². The van der Waals surface area contributed by atoms with Crippen LogP contribution < -0.4 is 16.0 Å². The summed E-state index contributed by atoms with van der Waals surface area (Å²) < 4.78 is 0. The first-order valence-electron chi connectivity index (χ1n) is 7.01. The number of anilines is 2. The Hall–Kier alpha value is -0.950. The van der Waals surface area contributed by atoms with E-state index in [4.69, 9.17) is 5.73 Å². The van der Waals surface area contributed by atoms with Gasteiger partial charge in [0.15, 0.2) is 5.13 Å². The number of thioether (sulfide) groups is 1. The third-order valence-electron chi connectivity index (χ3n) is 3.17. The zero-order chi connectivity index (χ0) is 14.5. The predicted molar refractivity (Wildman–Crippen MR) is 87.9 cm³/mol. The van der Waals surface area contributed by atoms with E-state index >= 15 is 0 Å². The minimum Gasteiger partial charge on any atom is -0.382 e. The number of amides is 1. The lowest BCUT2D eigenvalue weighted by molar-refractivity contribution is 0.0948. The van der Waals surface area contributed by atoms with E-state index in [1.165, 1.54) is 24.2 Å². The molecule has 1 unspecified atom stereocenters. The van der Waals surface area contributed by atoms with Crippen LogP contribution in [0.1, 0.15) is 36.4 Å². The number of nitrogen functional groups attached to an aromatic ring is 1. The number of aromatic nitrogens is 1. The fourth-order valence-electron chi connectivity index (χ4n) is 2.15. The number of nitrogens with zero attached hydrogens (tertiary/aromatic N) is 2. The molecule has 1 saturated heterocycles. The van der Waals surface area contributed by atoms with Crippen molar-refractivity contribution in [1.29, 1.82) is 0 Å². The second-order valence-corrected chi connectivity index (χ2v) is 7.24. The lowest BCUT2D eigenvalue weighted by Gasteiger charge is -2.13. The van der Waals surface area contributed by atoms with Crippen molar-refractivity contribution >= 4 is 40.0 Å². The van der Waals surface area contributed by atoms with E-state index in [1.54, 1.807) is 0 Å². The Morgan fingerprint density at radius 1 is 1.55 bits per heavy atom. The van der Waals surface area contributed by atoms with Gasteiger partial charge in [0.25, 0.3) is 5.91 Å². The molecule has 5 nitrogen and oxygen atoms in total. The Morgan fingerprint density at radius 3 is 2.90 bits per heavy atom. The molecule has 0 radical (unpaired) electrons. The lowest BCUT2D eigenvalue weighted by Crippen LogP contribution is -2.34. The summed E-state index contributed by atoms with van der Waals surface area (Å²) in [6.07, 6.45) is 2.37. The van der Waals surface area contributed by atoms with Crippen molar-refractivity contribution in [1.82, 2.24) is 10.3 Å². The zero-order valence-corrected chi connectivity index (χ0v) is 13.6. The van der Waals surface area contributed by atoms with Crippen LogP contribution in [0.2, 0.25) is 0 Å². The topological polar surface area (TPSA) is 71.2 Å². The maximum atomic E-state index is 12.2. The van der Waals surface area contributed by atoms with E-state index in [1.807, 2.05) is 18.7 Å². The molecule has 2 heterocycles. The molecule has 0 bridgehead atoms. The standard InChI is InChI=1S/C13H22N4OS2/c1-3-19-8-9(2)15-12(18)10-11(14)16-13(20-10)17-6-4-5-7-17/h9H,3-8,14H2,1-2H3,(H,15,18). The van der Waals surface area contributed by atoms with Gasteiger partial charge in [-0.3, -0.25) is 4.79 Å². The smallest absolute Gasteiger partial charge is 0.265 e. The van der Waals surface area contributed by atoms with Gasteiger partial charge in [-0.25, -0.2) is 4.98 Å². The first kappa shape index (κ1) is 15.4. The van der Waals surface area contributed by atoms with E-state index < -0.39 is 0 Å². The number of rotatable bonds is 6. The van der Waals surface area contributed by atoms with Crippen LogP contribution in [0.25, 0.3) is 0 Å². The van der Waals surface area contributed by atoms with Gasteiger partial charge in [-0.15, -0.1) is 0 Å². The number of carbonyl (C=O) groups is 1. The van der Waals surface area contributed by atoms with Crippen LogP contribution in [0.5, 0.6) is 0 Å². The Kier molecular flexibility index (Phi) is 5.54. The molecular weight excluding hydrogens is 292 g/mol. The van der Waals surface area contributed by atoms with Crippen molar-refractivity contribution < 1.29 is 4.79 Å². The molecule has 1 aromatic rings. The molecule has 0 saturated carbocycles. The van der Waals surface area contributed by atoms with Crippen LogP contribution in [0.15, 0.2) is 0 Å². The molecule has 0 spiro atoms. The van der Waals surface area contributed by atoms with Gasteiger partial charge in [-0.1, -0.05) is 18.3 Å². The molecule has 2 rings (SSSR count). The lowest BCUT2D eigenvalue weighted by atomic mass is 10.3. The van der Waals surface area contributed by atoms with Crippen LogP contribution in [0.4, 0.5) is 10.9 Å². The first-order chi connectivity index (χ1) is 9.61. The normalized spacial score (nSPS) is 16.4. The summed E-state index contributed by atoms with van der Waals surface area (Å²) >= 11 is 3.22. The Balaban J connectivity index is 1.98. The fourth-order valence-corrected chi connectivity index (χ4v) is 3.76. The molecule has 0 aliphatic carbocycles. The summed E-state index contributed by atoms with van der Waals surface area (Å²) in [6.45, 7) is 6.15. The molecule has 1 amide bonds. The molecule has 1 aliphatic heterocycles. The monoisotopic (exact) mass is 314 g/mol. The number of carbonyl (C=O) groups excluding carboxylic acids is 1. The summed E-state index contributed by atoms with van der Waals surface area (Å²) in [4.78, 5) is 19.3. The number of thiazole rings is 1. The molecule has 20 heavy (non-hydrogen) atoms. The van der Waals surface area contributed by atoms with Gasteiger partial charge in [0.1, 0.15) is 10.7 Å². The summed E-state index contributed by atoms with van der Waals surface area (Å²) in [6, 6.07) is 0.143. The summed E-state index contributed by atoms with van der Waals surface area (Å²) in [5.41, 5.74) is 5.89. The van der Waals surface area contributed by atoms with E-state index in [0.29, 0.717) is 10.7 Å². The highest BCUT2D eigenvalue weighted by molar-refractivity contribution is 7.99. The molecule has 1 aromatic heterocycles. The summed E-state index contributed by atoms with van der Waals surface area (Å²) in [5, 5.41) is 3.86. The van der Waals surface area contributed by atoms with Crippen molar-refractivity contribution in [2.75, 3.05) is 35.2 Å². The van der Waals surface area contributed by atoms with Crippen molar-refractivity contribution in [3.63, 3.8) is 0 Å². The van der Waals surface area contributed by atoms with Gasteiger partial charge in [0, 0.05) is 24.9 Å². The molecule has 112 valence electrons. The quantitative estimate of drug-likeness (QED) is 0.842. The van der Waals surface area contributed by atoms with E-state index in [9.17, 15) is 4.79 Å². The summed E-state index contributed by atoms with van der Waals surface area (Å²) in [5.74, 6) is 2.22. The molecule has 7 heteroatoms. The highest BCUT2D eigenvalue weighted by Crippen LogP contribution is 2.30. The second-order valence-electron chi connectivity index (χ2n) is 4.94. The van der Waals surface area contributed by atoms with Gasteiger partial charge in [0.05, 0.1) is 0 Å². The van der Waals surface area contributed by atoms with Gasteiger partial charge in [0.2, 0.25) is 0 Å². The van der Waals surface area contributed by atoms with E-state index in [2.05, 4.69) is 22.1 Å². The Morgan fingerprint density at radius 2 is 2.25 bits per heavy atom. The van der Waals surface area contributed by atoms with E-state index in [0.717, 1.165) is 29.7 Å². The van der Waals surface area contributed by atoms with Crippen LogP contribution in [0.3, 0.4) is 0 Å². The molecule has 1 aliphatic rings. The zero-order valence-electron chi connectivity index (χ0n) is 12.0. The van der Waals surface area contributed by atoms with Crippen LogP contribution in [0, 0.1) is 0 Å². The van der Waals surface area contributed by atoms with Crippen LogP contribution in [-0.2, 0) is 0 Å². The van der Waals surface area contributed by atoms with Gasteiger partial charge >= 0.3 is 0 Å². The van der Waals surface area contributed by atoms with Crippen LogP contribution in [-0.4, -0.2) is 41.5 Å². The third-order valence-corrected chi connectivity index (χ3v) is 5.45. The maximum absolute atomic E-state index is 12.2. The number of nitrogens with one attached hydrogen (secondary N) is 1. The highest BCUT2D eigenvalue weighted by atomic mass is 32.2. The average molecular weight is 314 g/mol. The molecular formula is C13H22N4OS2. The third kappa shape index (κ3) is 3.79. The first-order valence-corrected chi connectivity index (χ1v) is 8.98. The number of hydrogen-bond acceptors (Lipinski definition) is 6.